The number of hydrogen-bond acceptors (Lipinski definition) is 1. The van der Waals surface area contributed by atoms with Crippen molar-refractivity contribution in [3.63, 3.8) is 0 Å². The zero-order valence-corrected chi connectivity index (χ0v) is 7.43. The third-order valence-corrected chi connectivity index (χ3v) is 2.36. The van der Waals surface area contributed by atoms with Gasteiger partial charge in [0.05, 0.1) is 5.69 Å². The molecule has 0 atom stereocenters. The highest BCUT2D eigenvalue weighted by Gasteiger charge is 2.12. The Balaban J connectivity index is 2.53. The summed E-state index contributed by atoms with van der Waals surface area (Å²) in [5.74, 6) is 0. The molecule has 12 heavy (non-hydrogen) atoms. The Kier molecular flexibility index (Phi) is 1.72. The summed E-state index contributed by atoms with van der Waals surface area (Å²) in [7, 11) is 0. The van der Waals surface area contributed by atoms with Crippen molar-refractivity contribution in [2.75, 3.05) is 0 Å². The van der Waals surface area contributed by atoms with Gasteiger partial charge in [-0.1, -0.05) is 12.6 Å². The molecule has 62 valence electrons. The Hall–Kier alpha value is -1.11. The number of fused-ring (bicyclic) bond motifs is 1. The molecule has 1 aromatic heterocycles. The Labute approximate surface area is 73.1 Å². The molecule has 1 aliphatic carbocycles. The second-order valence-electron chi connectivity index (χ2n) is 3.48. The molecule has 0 spiro atoms. The van der Waals surface area contributed by atoms with Gasteiger partial charge in [0, 0.05) is 6.20 Å². The summed E-state index contributed by atoms with van der Waals surface area (Å²) in [6.45, 7) is 6.11. The van der Waals surface area contributed by atoms with Crippen LogP contribution >= 0.6 is 0 Å². The predicted octanol–water partition coefficient (Wildman–Crippen LogP) is 2.74. The van der Waals surface area contributed by atoms with Crippen molar-refractivity contribution in [2.24, 2.45) is 0 Å². The maximum absolute atomic E-state index is 4.40. The van der Waals surface area contributed by atoms with Gasteiger partial charge in [-0.05, 0) is 42.9 Å². The average Bonchev–Trinajstić information content (AvgIpc) is 2.04. The number of allylic oxidation sites excluding steroid dienone is 1. The van der Waals surface area contributed by atoms with Gasteiger partial charge in [0.2, 0.25) is 0 Å². The van der Waals surface area contributed by atoms with E-state index in [0.717, 1.165) is 12.1 Å². The van der Waals surface area contributed by atoms with Crippen LogP contribution in [0.15, 0.2) is 18.8 Å². The van der Waals surface area contributed by atoms with E-state index in [2.05, 4.69) is 24.6 Å². The molecular formula is C11H13N. The van der Waals surface area contributed by atoms with E-state index in [-0.39, 0.29) is 0 Å². The van der Waals surface area contributed by atoms with Gasteiger partial charge in [-0.2, -0.15) is 0 Å². The van der Waals surface area contributed by atoms with Crippen molar-refractivity contribution in [1.29, 1.82) is 0 Å². The van der Waals surface area contributed by atoms with Crippen LogP contribution in [0.3, 0.4) is 0 Å². The quantitative estimate of drug-likeness (QED) is 0.567. The van der Waals surface area contributed by atoms with Crippen molar-refractivity contribution in [3.05, 3.63) is 35.7 Å². The minimum absolute atomic E-state index is 1.11. The number of aryl methyl sites for hydroxylation is 2. The molecule has 1 aliphatic rings. The topological polar surface area (TPSA) is 12.9 Å². The number of hydrogen-bond donors (Lipinski definition) is 0. The number of nitrogens with zero attached hydrogens (tertiary/aromatic N) is 1. The first-order chi connectivity index (χ1) is 5.77. The first-order valence-electron chi connectivity index (χ1n) is 4.41. The van der Waals surface area contributed by atoms with Gasteiger partial charge in [0.1, 0.15) is 0 Å². The Morgan fingerprint density at radius 2 is 2.25 bits per heavy atom. The highest BCUT2D eigenvalue weighted by atomic mass is 14.7. The fraction of sp³-hybridized carbons (Fsp3) is 0.364. The molecule has 0 saturated carbocycles. The Bertz CT molecular complexity index is 326. The minimum atomic E-state index is 1.11. The highest BCUT2D eigenvalue weighted by molar-refractivity contribution is 5.64. The van der Waals surface area contributed by atoms with Gasteiger partial charge in [-0.25, -0.2) is 0 Å². The lowest BCUT2D eigenvalue weighted by atomic mass is 9.92. The van der Waals surface area contributed by atoms with Gasteiger partial charge in [0.25, 0.3) is 0 Å². The summed E-state index contributed by atoms with van der Waals surface area (Å²) in [5, 5.41) is 0. The summed E-state index contributed by atoms with van der Waals surface area (Å²) in [5.41, 5.74) is 4.98. The molecule has 0 fully saturated rings. The van der Waals surface area contributed by atoms with Gasteiger partial charge in [-0.3, -0.25) is 4.98 Å². The molecule has 0 saturated heterocycles. The lowest BCUT2D eigenvalue weighted by Crippen LogP contribution is -2.03. The van der Waals surface area contributed by atoms with Crippen molar-refractivity contribution in [3.8, 4) is 0 Å². The summed E-state index contributed by atoms with van der Waals surface area (Å²) in [4.78, 5) is 4.40. The maximum Gasteiger partial charge on any atom is 0.0687 e. The molecule has 1 heteroatoms. The van der Waals surface area contributed by atoms with Crippen LogP contribution in [0.4, 0.5) is 0 Å². The summed E-state index contributed by atoms with van der Waals surface area (Å²) < 4.78 is 0. The van der Waals surface area contributed by atoms with Crippen molar-refractivity contribution in [2.45, 2.75) is 26.2 Å². The third kappa shape index (κ3) is 1.15. The van der Waals surface area contributed by atoms with E-state index in [4.69, 9.17) is 0 Å². The van der Waals surface area contributed by atoms with Crippen LogP contribution in [0.2, 0.25) is 0 Å². The largest absolute Gasteiger partial charge is 0.256 e. The van der Waals surface area contributed by atoms with E-state index in [1.165, 1.54) is 29.5 Å². The monoisotopic (exact) mass is 159 g/mol. The first kappa shape index (κ1) is 7.53. The van der Waals surface area contributed by atoms with Crippen LogP contribution in [-0.4, -0.2) is 4.98 Å². The van der Waals surface area contributed by atoms with Crippen LogP contribution < -0.4 is 0 Å². The molecule has 1 nitrogen and oxygen atoms in total. The molecule has 0 aliphatic heterocycles. The van der Waals surface area contributed by atoms with E-state index in [1.807, 2.05) is 6.20 Å². The summed E-state index contributed by atoms with van der Waals surface area (Å²) >= 11 is 0. The molecule has 0 amide bonds. The predicted molar refractivity (Wildman–Crippen MR) is 50.9 cm³/mol. The fourth-order valence-electron chi connectivity index (χ4n) is 1.75. The standard InChI is InChI=1S/C11H13N/c1-8-6-10-5-3-4-9(2)11(10)12-7-8/h6-7H,2-5H2,1H3. The first-order valence-corrected chi connectivity index (χ1v) is 4.41. The molecular weight excluding hydrogens is 146 g/mol. The second-order valence-corrected chi connectivity index (χ2v) is 3.48. The van der Waals surface area contributed by atoms with Crippen LogP contribution in [0.1, 0.15) is 29.7 Å². The number of aromatic nitrogens is 1. The van der Waals surface area contributed by atoms with Crippen molar-refractivity contribution in [1.82, 2.24) is 4.98 Å². The number of rotatable bonds is 0. The molecule has 0 radical (unpaired) electrons. The zero-order valence-electron chi connectivity index (χ0n) is 7.43. The van der Waals surface area contributed by atoms with Gasteiger partial charge < -0.3 is 0 Å². The molecule has 1 aromatic rings. The van der Waals surface area contributed by atoms with Gasteiger partial charge >= 0.3 is 0 Å². The molecule has 0 N–H and O–H groups in total. The van der Waals surface area contributed by atoms with Gasteiger partial charge in [-0.15, -0.1) is 0 Å². The lowest BCUT2D eigenvalue weighted by Gasteiger charge is -2.16. The fourth-order valence-corrected chi connectivity index (χ4v) is 1.75. The van der Waals surface area contributed by atoms with Crippen LogP contribution in [0.5, 0.6) is 0 Å². The van der Waals surface area contributed by atoms with Crippen LogP contribution in [0.25, 0.3) is 5.57 Å². The van der Waals surface area contributed by atoms with Crippen molar-refractivity contribution < 1.29 is 0 Å². The van der Waals surface area contributed by atoms with Gasteiger partial charge in [0.15, 0.2) is 0 Å². The Morgan fingerprint density at radius 3 is 3.08 bits per heavy atom. The SMILES string of the molecule is C=C1CCCc2cc(C)cnc21. The summed E-state index contributed by atoms with van der Waals surface area (Å²) in [6, 6.07) is 2.23. The van der Waals surface area contributed by atoms with E-state index in [1.54, 1.807) is 0 Å². The second kappa shape index (κ2) is 2.74. The Morgan fingerprint density at radius 1 is 1.42 bits per heavy atom. The van der Waals surface area contributed by atoms with E-state index in [9.17, 15) is 0 Å². The van der Waals surface area contributed by atoms with Crippen LogP contribution in [0, 0.1) is 6.92 Å². The third-order valence-electron chi connectivity index (χ3n) is 2.36. The van der Waals surface area contributed by atoms with Crippen LogP contribution in [-0.2, 0) is 6.42 Å². The average molecular weight is 159 g/mol. The van der Waals surface area contributed by atoms with Crippen molar-refractivity contribution >= 4 is 5.57 Å². The lowest BCUT2D eigenvalue weighted by molar-refractivity contribution is 0.808. The van der Waals surface area contributed by atoms with E-state index >= 15 is 0 Å². The molecule has 0 aromatic carbocycles. The summed E-state index contributed by atoms with van der Waals surface area (Å²) in [6.07, 6.45) is 5.44. The smallest absolute Gasteiger partial charge is 0.0687 e. The van der Waals surface area contributed by atoms with E-state index in [0.29, 0.717) is 0 Å². The molecule has 1 heterocycles. The van der Waals surface area contributed by atoms with E-state index < -0.39 is 0 Å². The highest BCUT2D eigenvalue weighted by Crippen LogP contribution is 2.27. The minimum Gasteiger partial charge on any atom is -0.256 e. The molecule has 0 unspecified atom stereocenters. The maximum atomic E-state index is 4.40. The normalized spacial score (nSPS) is 15.9. The molecule has 0 bridgehead atoms. The number of pyridine rings is 1. The zero-order chi connectivity index (χ0) is 8.55. The molecule has 2 rings (SSSR count).